The lowest BCUT2D eigenvalue weighted by Gasteiger charge is -2.43. The predicted octanol–water partition coefficient (Wildman–Crippen LogP) is 3.83. The summed E-state index contributed by atoms with van der Waals surface area (Å²) >= 11 is 0. The van der Waals surface area contributed by atoms with Crippen LogP contribution in [0.15, 0.2) is 41.0 Å². The fraction of sp³-hybridized carbons (Fsp3) is 0.455. The van der Waals surface area contributed by atoms with Gasteiger partial charge in [0.15, 0.2) is 5.76 Å². The van der Waals surface area contributed by atoms with Gasteiger partial charge in [0.2, 0.25) is 0 Å². The second-order valence-corrected chi connectivity index (χ2v) is 7.82. The van der Waals surface area contributed by atoms with E-state index in [4.69, 9.17) is 4.42 Å². The number of rotatable bonds is 6. The molecule has 1 aromatic heterocycles. The van der Waals surface area contributed by atoms with Gasteiger partial charge in [-0.3, -0.25) is 9.59 Å². The maximum absolute atomic E-state index is 12.8. The highest BCUT2D eigenvalue weighted by molar-refractivity contribution is 6.03. The van der Waals surface area contributed by atoms with E-state index in [0.717, 1.165) is 18.4 Å². The molecular formula is C22H29N3O3. The van der Waals surface area contributed by atoms with Crippen LogP contribution in [0.1, 0.15) is 58.6 Å². The summed E-state index contributed by atoms with van der Waals surface area (Å²) in [5.41, 5.74) is 2.04. The molecule has 6 heteroatoms. The first-order chi connectivity index (χ1) is 13.4. The molecular weight excluding hydrogens is 354 g/mol. The standard InChI is InChI=1S/C22H29N3O3/c1-16-9-10-17(14-18(16)24-21(27)19-8-7-13-28-19)20(26)23-15-22(25(2)3)11-5-4-6-12-22/h7-10,13-14H,4-6,11-12,15H2,1-3H3,(H,23,26)(H,24,27). The third-order valence-electron chi connectivity index (χ3n) is 5.80. The first-order valence-electron chi connectivity index (χ1n) is 9.82. The number of furan rings is 1. The van der Waals surface area contributed by atoms with Crippen LogP contribution < -0.4 is 10.6 Å². The molecule has 1 fully saturated rings. The molecule has 2 N–H and O–H groups in total. The van der Waals surface area contributed by atoms with E-state index < -0.39 is 0 Å². The minimum atomic E-state index is -0.334. The second-order valence-electron chi connectivity index (χ2n) is 7.82. The minimum Gasteiger partial charge on any atom is -0.459 e. The van der Waals surface area contributed by atoms with Crippen LogP contribution in [0.5, 0.6) is 0 Å². The molecule has 2 amide bonds. The molecule has 0 unspecified atom stereocenters. The van der Waals surface area contributed by atoms with Crippen LogP contribution in [0.3, 0.4) is 0 Å². The quantitative estimate of drug-likeness (QED) is 0.795. The molecule has 1 saturated carbocycles. The van der Waals surface area contributed by atoms with Gasteiger partial charge in [0.1, 0.15) is 0 Å². The number of aryl methyl sites for hydroxylation is 1. The summed E-state index contributed by atoms with van der Waals surface area (Å²) in [6.45, 7) is 2.52. The van der Waals surface area contributed by atoms with E-state index >= 15 is 0 Å². The van der Waals surface area contributed by atoms with Gasteiger partial charge in [-0.1, -0.05) is 25.3 Å². The molecule has 28 heavy (non-hydrogen) atoms. The van der Waals surface area contributed by atoms with Crippen LogP contribution >= 0.6 is 0 Å². The molecule has 3 rings (SSSR count). The average Bonchev–Trinajstić information content (AvgIpc) is 3.23. The largest absolute Gasteiger partial charge is 0.459 e. The first-order valence-corrected chi connectivity index (χ1v) is 9.82. The summed E-state index contributed by atoms with van der Waals surface area (Å²) in [4.78, 5) is 27.3. The van der Waals surface area contributed by atoms with Crippen molar-refractivity contribution in [1.29, 1.82) is 0 Å². The molecule has 0 atom stereocenters. The van der Waals surface area contributed by atoms with E-state index in [0.29, 0.717) is 17.8 Å². The lowest BCUT2D eigenvalue weighted by Crippen LogP contribution is -2.53. The zero-order chi connectivity index (χ0) is 20.1. The molecule has 1 aliphatic carbocycles. The van der Waals surface area contributed by atoms with Crippen molar-refractivity contribution in [2.45, 2.75) is 44.6 Å². The number of likely N-dealkylation sites (N-methyl/N-ethyl adjacent to an activating group) is 1. The van der Waals surface area contributed by atoms with Crippen molar-refractivity contribution in [2.24, 2.45) is 0 Å². The van der Waals surface area contributed by atoms with E-state index in [1.165, 1.54) is 25.5 Å². The van der Waals surface area contributed by atoms with Crippen LogP contribution in [0, 0.1) is 6.92 Å². The first kappa shape index (κ1) is 20.1. The summed E-state index contributed by atoms with van der Waals surface area (Å²) in [6.07, 6.45) is 7.30. The van der Waals surface area contributed by atoms with Gasteiger partial charge in [0.25, 0.3) is 11.8 Å². The second kappa shape index (κ2) is 8.61. The van der Waals surface area contributed by atoms with E-state index in [2.05, 4.69) is 29.6 Å². The smallest absolute Gasteiger partial charge is 0.291 e. The van der Waals surface area contributed by atoms with Gasteiger partial charge in [0.05, 0.1) is 6.26 Å². The van der Waals surface area contributed by atoms with E-state index in [1.54, 1.807) is 24.3 Å². The van der Waals surface area contributed by atoms with E-state index in [1.807, 2.05) is 13.0 Å². The molecule has 6 nitrogen and oxygen atoms in total. The summed E-state index contributed by atoms with van der Waals surface area (Å²) in [5, 5.41) is 5.92. The highest BCUT2D eigenvalue weighted by Gasteiger charge is 2.34. The Labute approximate surface area is 166 Å². The summed E-state index contributed by atoms with van der Waals surface area (Å²) in [5.74, 6) is -0.223. The van der Waals surface area contributed by atoms with E-state index in [-0.39, 0.29) is 23.1 Å². The van der Waals surface area contributed by atoms with Crippen LogP contribution in [0.25, 0.3) is 0 Å². The lowest BCUT2D eigenvalue weighted by atomic mass is 9.80. The van der Waals surface area contributed by atoms with Gasteiger partial charge in [-0.2, -0.15) is 0 Å². The number of hydrogen-bond acceptors (Lipinski definition) is 4. The zero-order valence-electron chi connectivity index (χ0n) is 16.9. The SMILES string of the molecule is Cc1ccc(C(=O)NCC2(N(C)C)CCCCC2)cc1NC(=O)c1ccco1. The normalized spacial score (nSPS) is 16.0. The Morgan fingerprint density at radius 1 is 1.11 bits per heavy atom. The molecule has 0 radical (unpaired) electrons. The Morgan fingerprint density at radius 2 is 1.86 bits per heavy atom. The zero-order valence-corrected chi connectivity index (χ0v) is 16.9. The van der Waals surface area contributed by atoms with Crippen LogP contribution in [-0.2, 0) is 0 Å². The van der Waals surface area contributed by atoms with Gasteiger partial charge >= 0.3 is 0 Å². The Bertz CT molecular complexity index is 822. The van der Waals surface area contributed by atoms with Crippen LogP contribution in [0.4, 0.5) is 5.69 Å². The fourth-order valence-electron chi connectivity index (χ4n) is 3.83. The van der Waals surface area contributed by atoms with Crippen molar-refractivity contribution in [3.05, 3.63) is 53.5 Å². The van der Waals surface area contributed by atoms with Crippen LogP contribution in [0.2, 0.25) is 0 Å². The maximum Gasteiger partial charge on any atom is 0.291 e. The Hall–Kier alpha value is -2.60. The Balaban J connectivity index is 1.69. The van der Waals surface area contributed by atoms with Crippen molar-refractivity contribution in [3.63, 3.8) is 0 Å². The number of carbonyl (C=O) groups excluding carboxylic acids is 2. The number of nitrogens with one attached hydrogen (secondary N) is 2. The fourth-order valence-corrected chi connectivity index (χ4v) is 3.83. The monoisotopic (exact) mass is 383 g/mol. The number of nitrogens with zero attached hydrogens (tertiary/aromatic N) is 1. The van der Waals surface area contributed by atoms with Gasteiger partial charge in [-0.25, -0.2) is 0 Å². The molecule has 0 aliphatic heterocycles. The summed E-state index contributed by atoms with van der Waals surface area (Å²) in [7, 11) is 4.18. The Kier molecular flexibility index (Phi) is 6.19. The van der Waals surface area contributed by atoms with Gasteiger partial charge < -0.3 is 20.0 Å². The lowest BCUT2D eigenvalue weighted by molar-refractivity contribution is 0.0799. The maximum atomic E-state index is 12.8. The highest BCUT2D eigenvalue weighted by Crippen LogP contribution is 2.31. The number of anilines is 1. The number of amides is 2. The third kappa shape index (κ3) is 4.44. The van der Waals surface area contributed by atoms with Gasteiger partial charge in [0, 0.05) is 23.3 Å². The topological polar surface area (TPSA) is 74.6 Å². The number of hydrogen-bond donors (Lipinski definition) is 2. The molecule has 2 aromatic rings. The third-order valence-corrected chi connectivity index (χ3v) is 5.80. The van der Waals surface area contributed by atoms with Crippen molar-refractivity contribution in [2.75, 3.05) is 26.0 Å². The minimum absolute atomic E-state index is 0.0228. The van der Waals surface area contributed by atoms with Gasteiger partial charge in [-0.15, -0.1) is 0 Å². The average molecular weight is 383 g/mol. The van der Waals surface area contributed by atoms with Crippen molar-refractivity contribution < 1.29 is 14.0 Å². The van der Waals surface area contributed by atoms with Crippen molar-refractivity contribution in [3.8, 4) is 0 Å². The van der Waals surface area contributed by atoms with Crippen molar-refractivity contribution in [1.82, 2.24) is 10.2 Å². The summed E-state index contributed by atoms with van der Waals surface area (Å²) in [6, 6.07) is 8.61. The number of benzene rings is 1. The molecule has 0 spiro atoms. The Morgan fingerprint density at radius 3 is 2.50 bits per heavy atom. The highest BCUT2D eigenvalue weighted by atomic mass is 16.3. The van der Waals surface area contributed by atoms with Crippen LogP contribution in [-0.4, -0.2) is 42.9 Å². The molecule has 1 aromatic carbocycles. The molecule has 1 heterocycles. The summed E-state index contributed by atoms with van der Waals surface area (Å²) < 4.78 is 5.13. The molecule has 150 valence electrons. The molecule has 1 aliphatic rings. The number of carbonyl (C=O) groups is 2. The molecule has 0 bridgehead atoms. The molecule has 0 saturated heterocycles. The van der Waals surface area contributed by atoms with Gasteiger partial charge in [-0.05, 0) is 63.7 Å². The predicted molar refractivity (Wildman–Crippen MR) is 110 cm³/mol. The van der Waals surface area contributed by atoms with Crippen molar-refractivity contribution >= 4 is 17.5 Å². The van der Waals surface area contributed by atoms with E-state index in [9.17, 15) is 9.59 Å².